The van der Waals surface area contributed by atoms with Gasteiger partial charge in [-0.05, 0) is 25.0 Å². The van der Waals surface area contributed by atoms with Gasteiger partial charge in [0, 0.05) is 18.3 Å². The number of rotatable bonds is 2. The minimum absolute atomic E-state index is 0.122. The fourth-order valence-electron chi connectivity index (χ4n) is 3.37. The van der Waals surface area contributed by atoms with Crippen molar-refractivity contribution in [2.24, 2.45) is 0 Å². The maximum atomic E-state index is 10.9. The van der Waals surface area contributed by atoms with Crippen LogP contribution >= 0.6 is 0 Å². The van der Waals surface area contributed by atoms with E-state index in [0.717, 1.165) is 25.1 Å². The number of nitriles is 1. The predicted octanol–water partition coefficient (Wildman–Crippen LogP) is 2.61. The molecule has 1 saturated carbocycles. The summed E-state index contributed by atoms with van der Waals surface area (Å²) in [7, 11) is 0. The van der Waals surface area contributed by atoms with E-state index >= 15 is 0 Å². The van der Waals surface area contributed by atoms with Crippen molar-refractivity contribution in [1.82, 2.24) is 0 Å². The molecule has 1 aromatic carbocycles. The molecule has 21 heavy (non-hydrogen) atoms. The molecule has 2 aliphatic rings. The molecule has 0 aromatic heterocycles. The van der Waals surface area contributed by atoms with Crippen molar-refractivity contribution in [1.29, 1.82) is 5.26 Å². The average molecular weight is 287 g/mol. The maximum Gasteiger partial charge on any atom is 0.287 e. The SMILES string of the molecule is N#Cc1cc(N2CCOC3CCCCC32)ccc1[N+](=O)[O-]. The first kappa shape index (κ1) is 13.8. The largest absolute Gasteiger partial charge is 0.374 e. The first-order valence-electron chi connectivity index (χ1n) is 7.27. The van der Waals surface area contributed by atoms with E-state index in [2.05, 4.69) is 4.90 Å². The van der Waals surface area contributed by atoms with Crippen LogP contribution in [-0.2, 0) is 4.74 Å². The van der Waals surface area contributed by atoms with E-state index in [1.54, 1.807) is 12.1 Å². The summed E-state index contributed by atoms with van der Waals surface area (Å²) in [5.74, 6) is 0. The number of hydrogen-bond acceptors (Lipinski definition) is 5. The third kappa shape index (κ3) is 2.57. The molecule has 6 heteroatoms. The van der Waals surface area contributed by atoms with Gasteiger partial charge in [-0.3, -0.25) is 10.1 Å². The smallest absolute Gasteiger partial charge is 0.287 e. The topological polar surface area (TPSA) is 79.4 Å². The third-order valence-corrected chi connectivity index (χ3v) is 4.36. The van der Waals surface area contributed by atoms with Gasteiger partial charge in [0.1, 0.15) is 11.6 Å². The maximum absolute atomic E-state index is 10.9. The number of benzene rings is 1. The molecule has 1 heterocycles. The van der Waals surface area contributed by atoms with Crippen LogP contribution in [0, 0.1) is 21.4 Å². The summed E-state index contributed by atoms with van der Waals surface area (Å²) in [4.78, 5) is 12.7. The summed E-state index contributed by atoms with van der Waals surface area (Å²) in [6.45, 7) is 1.43. The lowest BCUT2D eigenvalue weighted by Gasteiger charge is -2.45. The van der Waals surface area contributed by atoms with Crippen LogP contribution in [0.15, 0.2) is 18.2 Å². The van der Waals surface area contributed by atoms with Gasteiger partial charge in [-0.1, -0.05) is 12.8 Å². The zero-order chi connectivity index (χ0) is 14.8. The molecule has 2 fully saturated rings. The summed E-state index contributed by atoms with van der Waals surface area (Å²) in [6, 6.07) is 7.06. The van der Waals surface area contributed by atoms with Crippen molar-refractivity contribution in [2.75, 3.05) is 18.1 Å². The number of morpholine rings is 1. The molecule has 0 amide bonds. The van der Waals surface area contributed by atoms with E-state index in [1.165, 1.54) is 18.9 Å². The molecule has 0 bridgehead atoms. The molecule has 2 atom stereocenters. The van der Waals surface area contributed by atoms with Crippen LogP contribution in [0.1, 0.15) is 31.2 Å². The van der Waals surface area contributed by atoms with Crippen LogP contribution in [0.3, 0.4) is 0 Å². The molecule has 0 radical (unpaired) electrons. The van der Waals surface area contributed by atoms with Gasteiger partial charge in [0.2, 0.25) is 0 Å². The zero-order valence-corrected chi connectivity index (χ0v) is 11.7. The monoisotopic (exact) mass is 287 g/mol. The average Bonchev–Trinajstić information content (AvgIpc) is 2.53. The number of nitrogens with zero attached hydrogens (tertiary/aromatic N) is 3. The summed E-state index contributed by atoms with van der Waals surface area (Å²) in [5, 5.41) is 20.0. The summed E-state index contributed by atoms with van der Waals surface area (Å²) >= 11 is 0. The second-order valence-corrected chi connectivity index (χ2v) is 5.52. The molecule has 1 aliphatic carbocycles. The molecule has 2 unspecified atom stereocenters. The Morgan fingerprint density at radius 2 is 2.19 bits per heavy atom. The minimum Gasteiger partial charge on any atom is -0.374 e. The van der Waals surface area contributed by atoms with Gasteiger partial charge in [-0.25, -0.2) is 0 Å². The van der Waals surface area contributed by atoms with Gasteiger partial charge in [0.15, 0.2) is 0 Å². The lowest BCUT2D eigenvalue weighted by atomic mass is 9.89. The van der Waals surface area contributed by atoms with Crippen LogP contribution in [0.4, 0.5) is 11.4 Å². The van der Waals surface area contributed by atoms with E-state index in [0.29, 0.717) is 12.6 Å². The molecule has 0 spiro atoms. The van der Waals surface area contributed by atoms with Crippen molar-refractivity contribution in [3.8, 4) is 6.07 Å². The highest BCUT2D eigenvalue weighted by atomic mass is 16.6. The first-order chi connectivity index (χ1) is 10.2. The molecule has 1 saturated heterocycles. The van der Waals surface area contributed by atoms with Crippen LogP contribution in [0.25, 0.3) is 0 Å². The van der Waals surface area contributed by atoms with Gasteiger partial charge in [0.25, 0.3) is 5.69 Å². The Morgan fingerprint density at radius 1 is 1.38 bits per heavy atom. The van der Waals surface area contributed by atoms with Crippen LogP contribution in [0.2, 0.25) is 0 Å². The van der Waals surface area contributed by atoms with E-state index < -0.39 is 4.92 Å². The van der Waals surface area contributed by atoms with Crippen molar-refractivity contribution in [3.05, 3.63) is 33.9 Å². The van der Waals surface area contributed by atoms with Crippen molar-refractivity contribution < 1.29 is 9.66 Å². The standard InChI is InChI=1S/C15H17N3O3/c16-10-11-9-12(5-6-13(11)18(19)20)17-7-8-21-15-4-2-1-3-14(15)17/h5-6,9,14-15H,1-4,7-8H2. The Morgan fingerprint density at radius 3 is 2.95 bits per heavy atom. The Hall–Kier alpha value is -2.13. The lowest BCUT2D eigenvalue weighted by Crippen LogP contribution is -2.52. The molecular formula is C15H17N3O3. The van der Waals surface area contributed by atoms with Crippen LogP contribution in [0.5, 0.6) is 0 Å². The van der Waals surface area contributed by atoms with Crippen molar-refractivity contribution >= 4 is 11.4 Å². The summed E-state index contributed by atoms with van der Waals surface area (Å²) in [5.41, 5.74) is 0.878. The molecule has 6 nitrogen and oxygen atoms in total. The van der Waals surface area contributed by atoms with Gasteiger partial charge < -0.3 is 9.64 Å². The van der Waals surface area contributed by atoms with E-state index in [9.17, 15) is 10.1 Å². The molecule has 3 rings (SSSR count). The Labute approximate surface area is 123 Å². The van der Waals surface area contributed by atoms with E-state index in [1.807, 2.05) is 6.07 Å². The summed E-state index contributed by atoms with van der Waals surface area (Å²) < 4.78 is 5.84. The van der Waals surface area contributed by atoms with E-state index in [4.69, 9.17) is 10.00 Å². The molecular weight excluding hydrogens is 270 g/mol. The number of hydrogen-bond donors (Lipinski definition) is 0. The molecule has 0 N–H and O–H groups in total. The summed E-state index contributed by atoms with van der Waals surface area (Å²) in [6.07, 6.45) is 4.76. The molecule has 1 aliphatic heterocycles. The van der Waals surface area contributed by atoms with Gasteiger partial charge in [0.05, 0.1) is 23.7 Å². The number of nitro benzene ring substituents is 1. The fraction of sp³-hybridized carbons (Fsp3) is 0.533. The molecule has 1 aromatic rings. The Kier molecular flexibility index (Phi) is 3.76. The van der Waals surface area contributed by atoms with Crippen molar-refractivity contribution in [3.63, 3.8) is 0 Å². The third-order valence-electron chi connectivity index (χ3n) is 4.36. The Balaban J connectivity index is 1.92. The highest BCUT2D eigenvalue weighted by Gasteiger charge is 2.34. The molecule has 110 valence electrons. The number of fused-ring (bicyclic) bond motifs is 1. The fourth-order valence-corrected chi connectivity index (χ4v) is 3.37. The van der Waals surface area contributed by atoms with Gasteiger partial charge in [-0.2, -0.15) is 5.26 Å². The normalized spacial score (nSPS) is 25.0. The second kappa shape index (κ2) is 5.70. The van der Waals surface area contributed by atoms with Crippen molar-refractivity contribution in [2.45, 2.75) is 37.8 Å². The van der Waals surface area contributed by atoms with Crippen LogP contribution < -0.4 is 4.90 Å². The predicted molar refractivity (Wildman–Crippen MR) is 77.2 cm³/mol. The zero-order valence-electron chi connectivity index (χ0n) is 11.7. The Bertz CT molecular complexity index is 594. The van der Waals surface area contributed by atoms with Crippen LogP contribution in [-0.4, -0.2) is 30.2 Å². The number of nitro groups is 1. The quantitative estimate of drug-likeness (QED) is 0.617. The highest BCUT2D eigenvalue weighted by Crippen LogP contribution is 2.33. The minimum atomic E-state index is -0.509. The van der Waals surface area contributed by atoms with E-state index in [-0.39, 0.29) is 17.4 Å². The first-order valence-corrected chi connectivity index (χ1v) is 7.27. The van der Waals surface area contributed by atoms with Gasteiger partial charge >= 0.3 is 0 Å². The number of anilines is 1. The second-order valence-electron chi connectivity index (χ2n) is 5.52. The van der Waals surface area contributed by atoms with Gasteiger partial charge in [-0.15, -0.1) is 0 Å². The number of ether oxygens (including phenoxy) is 1. The highest BCUT2D eigenvalue weighted by molar-refractivity contribution is 5.60. The lowest BCUT2D eigenvalue weighted by molar-refractivity contribution is -0.385.